The topological polar surface area (TPSA) is 28.2 Å². The van der Waals surface area contributed by atoms with Crippen LogP contribution in [0.1, 0.15) is 40.2 Å². The van der Waals surface area contributed by atoms with Gasteiger partial charge in [-0.1, -0.05) is 13.8 Å². The van der Waals surface area contributed by atoms with Crippen LogP contribution in [0.4, 0.5) is 5.82 Å². The molecule has 1 saturated heterocycles. The average molecular weight is 261 g/mol. The number of rotatable bonds is 3. The van der Waals surface area contributed by atoms with E-state index in [-0.39, 0.29) is 5.54 Å². The first kappa shape index (κ1) is 14.3. The molecule has 2 heterocycles. The Morgan fingerprint density at radius 1 is 1.26 bits per heavy atom. The van der Waals surface area contributed by atoms with E-state index < -0.39 is 0 Å². The van der Waals surface area contributed by atoms with Gasteiger partial charge in [0.1, 0.15) is 5.82 Å². The molecule has 0 radical (unpaired) electrons. The Bertz CT molecular complexity index is 412. The number of aromatic nitrogens is 1. The molecule has 0 saturated carbocycles. The van der Waals surface area contributed by atoms with Crippen LogP contribution < -0.4 is 10.2 Å². The third-order valence-electron chi connectivity index (χ3n) is 3.94. The molecule has 0 aliphatic carbocycles. The van der Waals surface area contributed by atoms with Crippen LogP contribution in [0.25, 0.3) is 0 Å². The summed E-state index contributed by atoms with van der Waals surface area (Å²) in [5.41, 5.74) is 1.47. The van der Waals surface area contributed by atoms with Gasteiger partial charge in [-0.05, 0) is 50.3 Å². The van der Waals surface area contributed by atoms with Crippen molar-refractivity contribution in [3.05, 3.63) is 23.9 Å². The van der Waals surface area contributed by atoms with Crippen molar-refractivity contribution in [3.8, 4) is 0 Å². The van der Waals surface area contributed by atoms with E-state index in [4.69, 9.17) is 0 Å². The minimum Gasteiger partial charge on any atom is -0.356 e. The molecule has 1 aromatic heterocycles. The molecule has 3 heteroatoms. The van der Waals surface area contributed by atoms with E-state index in [1.807, 2.05) is 6.20 Å². The van der Waals surface area contributed by atoms with Gasteiger partial charge in [-0.25, -0.2) is 4.98 Å². The summed E-state index contributed by atoms with van der Waals surface area (Å²) < 4.78 is 0. The van der Waals surface area contributed by atoms with Crippen LogP contribution in [0.5, 0.6) is 0 Å². The van der Waals surface area contributed by atoms with Gasteiger partial charge < -0.3 is 10.2 Å². The third-order valence-corrected chi connectivity index (χ3v) is 3.94. The Balaban J connectivity index is 2.03. The van der Waals surface area contributed by atoms with Crippen molar-refractivity contribution >= 4 is 5.82 Å². The van der Waals surface area contributed by atoms with Gasteiger partial charge in [-0.15, -0.1) is 0 Å². The largest absolute Gasteiger partial charge is 0.356 e. The van der Waals surface area contributed by atoms with Crippen LogP contribution in [-0.4, -0.2) is 23.6 Å². The highest BCUT2D eigenvalue weighted by Crippen LogP contribution is 2.26. The molecule has 3 nitrogen and oxygen atoms in total. The molecule has 2 atom stereocenters. The number of hydrogen-bond acceptors (Lipinski definition) is 3. The zero-order chi connectivity index (χ0) is 14.0. The second kappa shape index (κ2) is 5.49. The fourth-order valence-corrected chi connectivity index (χ4v) is 2.43. The van der Waals surface area contributed by atoms with Gasteiger partial charge in [0, 0.05) is 31.4 Å². The number of hydrogen-bond donors (Lipinski definition) is 1. The maximum Gasteiger partial charge on any atom is 0.128 e. The average Bonchev–Trinajstić information content (AvgIpc) is 2.67. The molecule has 1 N–H and O–H groups in total. The number of pyridine rings is 1. The van der Waals surface area contributed by atoms with Gasteiger partial charge in [-0.3, -0.25) is 0 Å². The van der Waals surface area contributed by atoms with E-state index in [1.165, 1.54) is 5.56 Å². The summed E-state index contributed by atoms with van der Waals surface area (Å²) in [6.07, 6.45) is 1.93. The van der Waals surface area contributed by atoms with Crippen molar-refractivity contribution in [1.29, 1.82) is 0 Å². The van der Waals surface area contributed by atoms with Crippen LogP contribution in [0.15, 0.2) is 18.3 Å². The highest BCUT2D eigenvalue weighted by atomic mass is 15.2. The lowest BCUT2D eigenvalue weighted by Gasteiger charge is -2.22. The predicted octanol–water partition coefficient (Wildman–Crippen LogP) is 3.06. The molecule has 1 fully saturated rings. The lowest BCUT2D eigenvalue weighted by Crippen LogP contribution is -2.35. The van der Waals surface area contributed by atoms with E-state index in [2.05, 4.69) is 62.0 Å². The van der Waals surface area contributed by atoms with Gasteiger partial charge >= 0.3 is 0 Å². The Morgan fingerprint density at radius 2 is 1.89 bits per heavy atom. The van der Waals surface area contributed by atoms with Gasteiger partial charge in [0.2, 0.25) is 0 Å². The van der Waals surface area contributed by atoms with Crippen LogP contribution in [0.3, 0.4) is 0 Å². The van der Waals surface area contributed by atoms with Gasteiger partial charge in [0.05, 0.1) is 0 Å². The summed E-state index contributed by atoms with van der Waals surface area (Å²) in [6.45, 7) is 14.4. The van der Waals surface area contributed by atoms with Crippen molar-refractivity contribution in [2.24, 2.45) is 11.8 Å². The maximum atomic E-state index is 4.53. The smallest absolute Gasteiger partial charge is 0.128 e. The fourth-order valence-electron chi connectivity index (χ4n) is 2.43. The predicted molar refractivity (Wildman–Crippen MR) is 81.4 cm³/mol. The third kappa shape index (κ3) is 3.93. The molecule has 106 valence electrons. The molecule has 1 aromatic rings. The Labute approximate surface area is 117 Å². The van der Waals surface area contributed by atoms with Crippen LogP contribution in [0, 0.1) is 11.8 Å². The molecular formula is C16H27N3. The first-order valence-corrected chi connectivity index (χ1v) is 7.30. The minimum absolute atomic E-state index is 0.153. The van der Waals surface area contributed by atoms with Crippen LogP contribution in [-0.2, 0) is 6.54 Å². The molecule has 1 aliphatic heterocycles. The van der Waals surface area contributed by atoms with Crippen molar-refractivity contribution in [2.45, 2.75) is 46.7 Å². The van der Waals surface area contributed by atoms with Crippen molar-refractivity contribution < 1.29 is 0 Å². The zero-order valence-corrected chi connectivity index (χ0v) is 12.9. The molecule has 2 unspecified atom stereocenters. The molecule has 19 heavy (non-hydrogen) atoms. The van der Waals surface area contributed by atoms with Gasteiger partial charge in [0.15, 0.2) is 0 Å². The van der Waals surface area contributed by atoms with E-state index in [1.54, 1.807) is 0 Å². The van der Waals surface area contributed by atoms with Crippen molar-refractivity contribution in [3.63, 3.8) is 0 Å². The molecular weight excluding hydrogens is 234 g/mol. The monoisotopic (exact) mass is 261 g/mol. The first-order chi connectivity index (χ1) is 8.85. The number of anilines is 1. The maximum absolute atomic E-state index is 4.53. The van der Waals surface area contributed by atoms with E-state index >= 15 is 0 Å². The Morgan fingerprint density at radius 3 is 2.47 bits per heavy atom. The van der Waals surface area contributed by atoms with Gasteiger partial charge in [0.25, 0.3) is 0 Å². The van der Waals surface area contributed by atoms with Crippen LogP contribution in [0.2, 0.25) is 0 Å². The summed E-state index contributed by atoms with van der Waals surface area (Å²) in [4.78, 5) is 6.95. The number of nitrogens with zero attached hydrogens (tertiary/aromatic N) is 2. The Kier molecular flexibility index (Phi) is 4.14. The second-order valence-corrected chi connectivity index (χ2v) is 6.99. The summed E-state index contributed by atoms with van der Waals surface area (Å²) in [5.74, 6) is 2.65. The zero-order valence-electron chi connectivity index (χ0n) is 12.9. The Hall–Kier alpha value is -1.09. The lowest BCUT2D eigenvalue weighted by atomic mass is 10.0. The summed E-state index contributed by atoms with van der Waals surface area (Å²) in [7, 11) is 0. The fraction of sp³-hybridized carbons (Fsp3) is 0.688. The number of nitrogens with one attached hydrogen (secondary N) is 1. The molecule has 2 rings (SSSR count). The summed E-state index contributed by atoms with van der Waals surface area (Å²) in [6, 6.07) is 4.33. The van der Waals surface area contributed by atoms with E-state index in [0.29, 0.717) is 0 Å². The SMILES string of the molecule is CC1CN(c2cc(CNC(C)(C)C)ccn2)CC1C. The molecule has 0 amide bonds. The second-order valence-electron chi connectivity index (χ2n) is 6.99. The highest BCUT2D eigenvalue weighted by Gasteiger charge is 2.26. The first-order valence-electron chi connectivity index (χ1n) is 7.30. The minimum atomic E-state index is 0.153. The molecule has 0 spiro atoms. The molecule has 1 aliphatic rings. The summed E-state index contributed by atoms with van der Waals surface area (Å²) in [5, 5.41) is 3.53. The normalized spacial score (nSPS) is 23.9. The van der Waals surface area contributed by atoms with Crippen LogP contribution >= 0.6 is 0 Å². The lowest BCUT2D eigenvalue weighted by molar-refractivity contribution is 0.424. The molecule has 0 aromatic carbocycles. The standard InChI is InChI=1S/C16H27N3/c1-12-10-19(11-13(12)2)15-8-14(6-7-17-15)9-18-16(3,4)5/h6-8,12-13,18H,9-11H2,1-5H3. The quantitative estimate of drug-likeness (QED) is 0.906. The molecule has 0 bridgehead atoms. The van der Waals surface area contributed by atoms with E-state index in [0.717, 1.165) is 37.3 Å². The van der Waals surface area contributed by atoms with Gasteiger partial charge in [-0.2, -0.15) is 0 Å². The van der Waals surface area contributed by atoms with E-state index in [9.17, 15) is 0 Å². The summed E-state index contributed by atoms with van der Waals surface area (Å²) >= 11 is 0. The van der Waals surface area contributed by atoms with Crippen molar-refractivity contribution in [1.82, 2.24) is 10.3 Å². The van der Waals surface area contributed by atoms with Crippen molar-refractivity contribution in [2.75, 3.05) is 18.0 Å². The highest BCUT2D eigenvalue weighted by molar-refractivity contribution is 5.42.